The summed E-state index contributed by atoms with van der Waals surface area (Å²) < 4.78 is 0. The largest absolute Gasteiger partial charge is 0.366 e. The zero-order valence-electron chi connectivity index (χ0n) is 6.58. The molecule has 1 aliphatic heterocycles. The Morgan fingerprint density at radius 3 is 3.00 bits per heavy atom. The average Bonchev–Trinajstić information content (AvgIpc) is 2.05. The van der Waals surface area contributed by atoms with Crippen LogP contribution in [0.5, 0.6) is 0 Å². The molecule has 0 saturated heterocycles. The van der Waals surface area contributed by atoms with Crippen molar-refractivity contribution in [2.24, 2.45) is 10.7 Å². The van der Waals surface area contributed by atoms with Crippen LogP contribution in [0.15, 0.2) is 16.6 Å². The number of aliphatic imine (C=N–C) groups is 1. The highest BCUT2D eigenvalue weighted by molar-refractivity contribution is 6.11. The Balaban J connectivity index is 2.60. The van der Waals surface area contributed by atoms with Crippen LogP contribution in [0.4, 0.5) is 0 Å². The highest BCUT2D eigenvalue weighted by Crippen LogP contribution is 2.10. The predicted molar refractivity (Wildman–Crippen MR) is 44.5 cm³/mol. The topological polar surface area (TPSA) is 55.5 Å². The molecule has 1 unspecified atom stereocenters. The van der Waals surface area contributed by atoms with E-state index < -0.39 is 0 Å². The maximum Gasteiger partial charge on any atom is 0.249 e. The van der Waals surface area contributed by atoms with Gasteiger partial charge in [-0.3, -0.25) is 9.79 Å². The number of carbonyl (C=O) groups excluding carboxylic acids is 1. The van der Waals surface area contributed by atoms with E-state index in [2.05, 4.69) is 11.9 Å². The van der Waals surface area contributed by atoms with Crippen LogP contribution in [0.2, 0.25) is 0 Å². The van der Waals surface area contributed by atoms with E-state index in [0.29, 0.717) is 11.6 Å². The van der Waals surface area contributed by atoms with E-state index in [4.69, 9.17) is 5.73 Å². The van der Waals surface area contributed by atoms with Gasteiger partial charge in [0.25, 0.3) is 0 Å². The molecule has 1 aliphatic rings. The molecule has 0 spiro atoms. The molecule has 0 radical (unpaired) electrons. The van der Waals surface area contributed by atoms with Crippen molar-refractivity contribution in [3.05, 3.63) is 11.6 Å². The van der Waals surface area contributed by atoms with Crippen molar-refractivity contribution in [3.8, 4) is 0 Å². The highest BCUT2D eigenvalue weighted by atomic mass is 16.1. The Hall–Kier alpha value is -1.12. The number of nitrogens with zero attached hydrogens (tertiary/aromatic N) is 1. The zero-order valence-corrected chi connectivity index (χ0v) is 6.58. The Labute approximate surface area is 66.0 Å². The van der Waals surface area contributed by atoms with Crippen LogP contribution in [-0.2, 0) is 4.79 Å². The third-order valence-corrected chi connectivity index (χ3v) is 1.79. The second kappa shape index (κ2) is 3.32. The molecular weight excluding hydrogens is 140 g/mol. The summed E-state index contributed by atoms with van der Waals surface area (Å²) in [6, 6.07) is 0.345. The minimum Gasteiger partial charge on any atom is -0.366 e. The predicted octanol–water partition coefficient (Wildman–Crippen LogP) is 0.651. The Kier molecular flexibility index (Phi) is 2.41. The first-order chi connectivity index (χ1) is 5.24. The van der Waals surface area contributed by atoms with E-state index >= 15 is 0 Å². The van der Waals surface area contributed by atoms with E-state index in [9.17, 15) is 4.79 Å². The van der Waals surface area contributed by atoms with Crippen LogP contribution >= 0.6 is 0 Å². The molecule has 0 aliphatic carbocycles. The van der Waals surface area contributed by atoms with Gasteiger partial charge in [0.2, 0.25) is 5.91 Å². The second-order valence-corrected chi connectivity index (χ2v) is 2.60. The van der Waals surface area contributed by atoms with Crippen LogP contribution in [-0.4, -0.2) is 18.2 Å². The van der Waals surface area contributed by atoms with Crippen molar-refractivity contribution in [1.29, 1.82) is 0 Å². The first-order valence-electron chi connectivity index (χ1n) is 3.77. The summed E-state index contributed by atoms with van der Waals surface area (Å²) in [7, 11) is 0. The van der Waals surface area contributed by atoms with Crippen LogP contribution in [0.1, 0.15) is 19.8 Å². The van der Waals surface area contributed by atoms with Crippen molar-refractivity contribution < 1.29 is 4.79 Å². The maximum atomic E-state index is 10.6. The molecule has 1 rings (SSSR count). The third kappa shape index (κ3) is 1.90. The van der Waals surface area contributed by atoms with Gasteiger partial charge in [-0.1, -0.05) is 13.0 Å². The summed E-state index contributed by atoms with van der Waals surface area (Å²) in [5.74, 6) is -0.386. The summed E-state index contributed by atoms with van der Waals surface area (Å²) in [6.45, 7) is 2.07. The van der Waals surface area contributed by atoms with Crippen LogP contribution in [0, 0.1) is 0 Å². The molecule has 0 aromatic carbocycles. The number of dihydropyridines is 1. The van der Waals surface area contributed by atoms with Gasteiger partial charge in [-0.25, -0.2) is 0 Å². The van der Waals surface area contributed by atoms with Crippen molar-refractivity contribution in [1.82, 2.24) is 0 Å². The van der Waals surface area contributed by atoms with E-state index in [-0.39, 0.29) is 5.91 Å². The molecule has 1 heterocycles. The zero-order chi connectivity index (χ0) is 8.27. The van der Waals surface area contributed by atoms with Gasteiger partial charge in [-0.15, -0.1) is 0 Å². The van der Waals surface area contributed by atoms with E-state index in [0.717, 1.165) is 12.8 Å². The highest BCUT2D eigenvalue weighted by Gasteiger charge is 2.09. The molecule has 3 heteroatoms. The molecule has 11 heavy (non-hydrogen) atoms. The van der Waals surface area contributed by atoms with Crippen molar-refractivity contribution in [3.63, 3.8) is 0 Å². The lowest BCUT2D eigenvalue weighted by Crippen LogP contribution is -2.18. The van der Waals surface area contributed by atoms with Gasteiger partial charge >= 0.3 is 0 Å². The molecule has 60 valence electrons. The Morgan fingerprint density at radius 2 is 2.64 bits per heavy atom. The van der Waals surface area contributed by atoms with E-state index in [1.165, 1.54) is 0 Å². The maximum absolute atomic E-state index is 10.6. The molecule has 2 N–H and O–H groups in total. The Bertz CT molecular complexity index is 218. The minimum atomic E-state index is -0.386. The van der Waals surface area contributed by atoms with Gasteiger partial charge in [0, 0.05) is 6.21 Å². The van der Waals surface area contributed by atoms with Crippen molar-refractivity contribution >= 4 is 12.1 Å². The fourth-order valence-corrected chi connectivity index (χ4v) is 0.999. The number of carbonyl (C=O) groups is 1. The number of nitrogens with two attached hydrogens (primary N) is 1. The fourth-order valence-electron chi connectivity index (χ4n) is 0.999. The number of primary amides is 1. The lowest BCUT2D eigenvalue weighted by Gasteiger charge is -2.11. The number of amides is 1. The van der Waals surface area contributed by atoms with Gasteiger partial charge < -0.3 is 5.73 Å². The van der Waals surface area contributed by atoms with Crippen LogP contribution in [0.25, 0.3) is 0 Å². The van der Waals surface area contributed by atoms with Crippen LogP contribution in [0.3, 0.4) is 0 Å². The summed E-state index contributed by atoms with van der Waals surface area (Å²) in [6.07, 6.45) is 5.27. The summed E-state index contributed by atoms with van der Waals surface area (Å²) in [5, 5.41) is 0. The van der Waals surface area contributed by atoms with Crippen molar-refractivity contribution in [2.75, 3.05) is 0 Å². The lowest BCUT2D eigenvalue weighted by atomic mass is 10.1. The fraction of sp³-hybridized carbons (Fsp3) is 0.500. The first-order valence-corrected chi connectivity index (χ1v) is 3.77. The second-order valence-electron chi connectivity index (χ2n) is 2.60. The molecule has 0 fully saturated rings. The molecule has 0 aromatic rings. The standard InChI is InChI=1S/C8H12N2O/c1-2-7-4-3-6(5-10-7)8(9)11/h3,5,7H,2,4H2,1H3,(H2,9,11). The van der Waals surface area contributed by atoms with Gasteiger partial charge in [-0.2, -0.15) is 0 Å². The lowest BCUT2D eigenvalue weighted by molar-refractivity contribution is -0.114. The summed E-state index contributed by atoms with van der Waals surface area (Å²) in [5.41, 5.74) is 5.59. The van der Waals surface area contributed by atoms with Crippen LogP contribution < -0.4 is 5.73 Å². The molecule has 1 atom stereocenters. The number of hydrogen-bond acceptors (Lipinski definition) is 2. The number of rotatable bonds is 2. The SMILES string of the molecule is CCC1CC=C(C(N)=O)C=N1. The third-order valence-electron chi connectivity index (χ3n) is 1.79. The normalized spacial score (nSPS) is 23.0. The first kappa shape index (κ1) is 7.98. The summed E-state index contributed by atoms with van der Waals surface area (Å²) >= 11 is 0. The monoisotopic (exact) mass is 152 g/mol. The molecule has 0 bridgehead atoms. The van der Waals surface area contributed by atoms with E-state index in [1.807, 2.05) is 6.08 Å². The molecule has 0 saturated carbocycles. The summed E-state index contributed by atoms with van der Waals surface area (Å²) in [4.78, 5) is 14.8. The van der Waals surface area contributed by atoms with Gasteiger partial charge in [0.05, 0.1) is 11.6 Å². The quantitative estimate of drug-likeness (QED) is 0.620. The smallest absolute Gasteiger partial charge is 0.249 e. The molecule has 0 aromatic heterocycles. The molecule has 1 amide bonds. The number of hydrogen-bond donors (Lipinski definition) is 1. The molecular formula is C8H12N2O. The van der Waals surface area contributed by atoms with Crippen molar-refractivity contribution in [2.45, 2.75) is 25.8 Å². The van der Waals surface area contributed by atoms with Gasteiger partial charge in [0.1, 0.15) is 0 Å². The van der Waals surface area contributed by atoms with Gasteiger partial charge in [0.15, 0.2) is 0 Å². The minimum absolute atomic E-state index is 0.345. The van der Waals surface area contributed by atoms with Gasteiger partial charge in [-0.05, 0) is 12.8 Å². The Morgan fingerprint density at radius 1 is 1.91 bits per heavy atom. The van der Waals surface area contributed by atoms with E-state index in [1.54, 1.807) is 6.21 Å². The average molecular weight is 152 g/mol. The molecule has 3 nitrogen and oxygen atoms in total.